The van der Waals surface area contributed by atoms with E-state index in [9.17, 15) is 4.79 Å². The average molecular weight is 242 g/mol. The molecule has 0 heterocycles. The van der Waals surface area contributed by atoms with Gasteiger partial charge in [0.05, 0.1) is 7.11 Å². The summed E-state index contributed by atoms with van der Waals surface area (Å²) in [7, 11) is 1.40. The Morgan fingerprint density at radius 1 is 1.21 bits per heavy atom. The maximum absolute atomic E-state index is 10.8. The van der Waals surface area contributed by atoms with E-state index < -0.39 is 0 Å². The van der Waals surface area contributed by atoms with Crippen LogP contribution in [0.15, 0.2) is 0 Å². The van der Waals surface area contributed by atoms with Gasteiger partial charge in [-0.2, -0.15) is 0 Å². The second-order valence-corrected chi connectivity index (χ2v) is 3.66. The van der Waals surface area contributed by atoms with E-state index in [1.165, 1.54) is 7.11 Å². The van der Waals surface area contributed by atoms with Crippen LogP contribution in [0.1, 0.15) is 12.8 Å². The number of methoxy groups -OCH3 is 1. The maximum atomic E-state index is 10.8. The first-order valence-corrected chi connectivity index (χ1v) is 5.72. The Kier molecular flexibility index (Phi) is 9.57. The highest BCUT2D eigenvalue weighted by Gasteiger charge is 2.05. The van der Waals surface area contributed by atoms with Crippen LogP contribution in [0.25, 0.3) is 0 Å². The van der Waals surface area contributed by atoms with Crippen molar-refractivity contribution in [2.75, 3.05) is 38.5 Å². The van der Waals surface area contributed by atoms with E-state index in [0.29, 0.717) is 18.2 Å². The van der Waals surface area contributed by atoms with Gasteiger partial charge >= 0.3 is 5.97 Å². The number of hydrogen-bond donors (Lipinski definition) is 0. The normalized spacial score (nSPS) is 10.6. The van der Waals surface area contributed by atoms with Crippen LogP contribution in [-0.4, -0.2) is 49.4 Å². The Hall–Kier alpha value is 0.01000. The van der Waals surface area contributed by atoms with Crippen molar-refractivity contribution in [1.82, 2.24) is 4.90 Å². The third-order valence-electron chi connectivity index (χ3n) is 1.88. The highest BCUT2D eigenvalue weighted by molar-refractivity contribution is 6.18. The molecule has 0 bridgehead atoms. The van der Waals surface area contributed by atoms with Gasteiger partial charge in [0.15, 0.2) is 0 Å². The highest BCUT2D eigenvalue weighted by Crippen LogP contribution is 1.98. The fourth-order valence-corrected chi connectivity index (χ4v) is 1.60. The first-order valence-electron chi connectivity index (χ1n) is 4.65. The van der Waals surface area contributed by atoms with Gasteiger partial charge in [-0.25, -0.2) is 0 Å². The molecule has 0 spiro atoms. The lowest BCUT2D eigenvalue weighted by Gasteiger charge is -2.19. The van der Waals surface area contributed by atoms with Gasteiger partial charge in [-0.15, -0.1) is 23.2 Å². The molecule has 0 aliphatic rings. The van der Waals surface area contributed by atoms with Gasteiger partial charge in [0, 0.05) is 31.3 Å². The van der Waals surface area contributed by atoms with Crippen LogP contribution in [0.4, 0.5) is 0 Å². The zero-order chi connectivity index (χ0) is 10.8. The van der Waals surface area contributed by atoms with E-state index in [0.717, 1.165) is 26.1 Å². The lowest BCUT2D eigenvalue weighted by atomic mass is 10.3. The van der Waals surface area contributed by atoms with Crippen molar-refractivity contribution >= 4 is 29.2 Å². The van der Waals surface area contributed by atoms with Gasteiger partial charge in [-0.1, -0.05) is 0 Å². The third-order valence-corrected chi connectivity index (χ3v) is 2.22. The minimum atomic E-state index is -0.165. The van der Waals surface area contributed by atoms with Crippen LogP contribution in [0.5, 0.6) is 0 Å². The number of ether oxygens (including phenoxy) is 1. The van der Waals surface area contributed by atoms with Crippen molar-refractivity contribution in [3.8, 4) is 0 Å². The number of nitrogens with zero attached hydrogens (tertiary/aromatic N) is 1. The quantitative estimate of drug-likeness (QED) is 0.479. The van der Waals surface area contributed by atoms with Crippen LogP contribution in [0, 0.1) is 0 Å². The molecule has 0 saturated carbocycles. The zero-order valence-corrected chi connectivity index (χ0v) is 9.98. The zero-order valence-electron chi connectivity index (χ0n) is 8.47. The van der Waals surface area contributed by atoms with Crippen molar-refractivity contribution in [2.24, 2.45) is 0 Å². The predicted molar refractivity (Wildman–Crippen MR) is 59.1 cm³/mol. The topological polar surface area (TPSA) is 29.5 Å². The molecule has 3 nitrogen and oxygen atoms in total. The van der Waals surface area contributed by atoms with Gasteiger partial charge < -0.3 is 9.64 Å². The van der Waals surface area contributed by atoms with Crippen LogP contribution in [0.3, 0.4) is 0 Å². The molecule has 14 heavy (non-hydrogen) atoms. The highest BCUT2D eigenvalue weighted by atomic mass is 35.5. The smallest absolute Gasteiger partial charge is 0.305 e. The van der Waals surface area contributed by atoms with Crippen molar-refractivity contribution in [1.29, 1.82) is 0 Å². The second kappa shape index (κ2) is 9.56. The molecule has 5 heteroatoms. The lowest BCUT2D eigenvalue weighted by Crippen LogP contribution is -2.29. The number of carbonyl (C=O) groups excluding carboxylic acids is 1. The van der Waals surface area contributed by atoms with Crippen molar-refractivity contribution in [2.45, 2.75) is 12.8 Å². The number of carbonyl (C=O) groups is 1. The second-order valence-electron chi connectivity index (χ2n) is 2.90. The standard InChI is InChI=1S/C9H17Cl2NO2/c1-14-9(13)3-2-6-12(7-4-10)8-5-11/h2-8H2,1H3. The summed E-state index contributed by atoms with van der Waals surface area (Å²) < 4.78 is 4.54. The molecule has 0 aliphatic heterocycles. The van der Waals surface area contributed by atoms with Gasteiger partial charge in [-0.05, 0) is 13.0 Å². The maximum Gasteiger partial charge on any atom is 0.305 e. The summed E-state index contributed by atoms with van der Waals surface area (Å²) in [5.74, 6) is 1.02. The largest absolute Gasteiger partial charge is 0.469 e. The van der Waals surface area contributed by atoms with Crippen LogP contribution in [-0.2, 0) is 9.53 Å². The van der Waals surface area contributed by atoms with Crippen LogP contribution in [0.2, 0.25) is 0 Å². The molecule has 84 valence electrons. The minimum Gasteiger partial charge on any atom is -0.469 e. The first kappa shape index (κ1) is 14.0. The molecule has 0 amide bonds. The Morgan fingerprint density at radius 2 is 1.79 bits per heavy atom. The van der Waals surface area contributed by atoms with Crippen molar-refractivity contribution < 1.29 is 9.53 Å². The van der Waals surface area contributed by atoms with E-state index in [4.69, 9.17) is 23.2 Å². The Balaban J connectivity index is 3.54. The molecule has 0 aromatic rings. The molecule has 0 aromatic carbocycles. The molecule has 0 rings (SSSR count). The van der Waals surface area contributed by atoms with E-state index in [1.807, 2.05) is 0 Å². The van der Waals surface area contributed by atoms with Crippen molar-refractivity contribution in [3.05, 3.63) is 0 Å². The first-order chi connectivity index (χ1) is 6.74. The molecule has 0 aromatic heterocycles. The average Bonchev–Trinajstić information content (AvgIpc) is 2.18. The predicted octanol–water partition coefficient (Wildman–Crippen LogP) is 1.72. The molecule has 0 atom stereocenters. The van der Waals surface area contributed by atoms with E-state index in [2.05, 4.69) is 9.64 Å². The molecule has 0 aliphatic carbocycles. The SMILES string of the molecule is COC(=O)CCCN(CCCl)CCCl. The van der Waals surface area contributed by atoms with Gasteiger partial charge in [0.1, 0.15) is 0 Å². The molecule has 0 N–H and O–H groups in total. The molecular formula is C9H17Cl2NO2. The minimum absolute atomic E-state index is 0.165. The number of esters is 1. The van der Waals surface area contributed by atoms with E-state index in [1.54, 1.807) is 0 Å². The van der Waals surface area contributed by atoms with Gasteiger partial charge in [0.25, 0.3) is 0 Å². The Morgan fingerprint density at radius 3 is 2.21 bits per heavy atom. The summed E-state index contributed by atoms with van der Waals surface area (Å²) in [6.07, 6.45) is 1.25. The fraction of sp³-hybridized carbons (Fsp3) is 0.889. The summed E-state index contributed by atoms with van der Waals surface area (Å²) in [5.41, 5.74) is 0. The number of alkyl halides is 2. The van der Waals surface area contributed by atoms with E-state index in [-0.39, 0.29) is 5.97 Å². The summed E-state index contributed by atoms with van der Waals surface area (Å²) in [6.45, 7) is 2.47. The van der Waals surface area contributed by atoms with E-state index >= 15 is 0 Å². The summed E-state index contributed by atoms with van der Waals surface area (Å²) in [5, 5.41) is 0. The molecule has 0 saturated heterocycles. The number of halogens is 2. The Bertz CT molecular complexity index is 150. The molecular weight excluding hydrogens is 225 g/mol. The number of hydrogen-bond acceptors (Lipinski definition) is 3. The molecule has 0 radical (unpaired) electrons. The van der Waals surface area contributed by atoms with Gasteiger partial charge in [0.2, 0.25) is 0 Å². The van der Waals surface area contributed by atoms with Crippen LogP contribution >= 0.6 is 23.2 Å². The third kappa shape index (κ3) is 7.42. The monoisotopic (exact) mass is 241 g/mol. The summed E-state index contributed by atoms with van der Waals surface area (Å²) in [6, 6.07) is 0. The fourth-order valence-electron chi connectivity index (χ4n) is 1.12. The molecule has 0 unspecified atom stereocenters. The van der Waals surface area contributed by atoms with Crippen molar-refractivity contribution in [3.63, 3.8) is 0 Å². The van der Waals surface area contributed by atoms with Gasteiger partial charge in [-0.3, -0.25) is 4.79 Å². The lowest BCUT2D eigenvalue weighted by molar-refractivity contribution is -0.140. The Labute approximate surface area is 95.3 Å². The summed E-state index contributed by atoms with van der Waals surface area (Å²) in [4.78, 5) is 13.0. The summed E-state index contributed by atoms with van der Waals surface area (Å²) >= 11 is 11.2. The number of rotatable bonds is 8. The molecule has 0 fully saturated rings. The van der Waals surface area contributed by atoms with Crippen LogP contribution < -0.4 is 0 Å².